The molecule has 3 aromatic carbocycles. The van der Waals surface area contributed by atoms with Crippen molar-refractivity contribution in [2.75, 3.05) is 31.6 Å². The Morgan fingerprint density at radius 3 is 2.22 bits per heavy atom. The van der Waals surface area contributed by atoms with Crippen LogP contribution in [0.2, 0.25) is 0 Å². The third kappa shape index (κ3) is 9.83. The summed E-state index contributed by atoms with van der Waals surface area (Å²) in [6, 6.07) is 24.1. The molecule has 1 atom stereocenters. The van der Waals surface area contributed by atoms with Crippen LogP contribution in [-0.4, -0.2) is 54.4 Å². The number of hydrogen-bond donors (Lipinski definition) is 2. The number of carbonyl (C=O) groups is 2. The normalized spacial score (nSPS) is 14.2. The topological polar surface area (TPSA) is 97.3 Å². The summed E-state index contributed by atoms with van der Waals surface area (Å²) in [7, 11) is 0. The lowest BCUT2D eigenvalue weighted by atomic mass is 9.89. The van der Waals surface area contributed by atoms with Gasteiger partial charge in [0.15, 0.2) is 6.10 Å². The number of ether oxygens (including phenoxy) is 3. The fourth-order valence-electron chi connectivity index (χ4n) is 5.02. The molecule has 0 heterocycles. The quantitative estimate of drug-likeness (QED) is 0.220. The average molecular weight is 561 g/mol. The standard InChI is InChI=1S/C33H40N2O6/c1-2-39-31(32(36)37)23-25-13-17-28(18-14-25)40-22-21-35(24-26-9-5-3-6-10-26)33(38)34-27-15-19-30(20-16-27)41-29-11-7-4-8-12-29/h4,7-8,11-20,26,31H,2-3,5-6,9-10,21-24H2,1H3,(H,34,38)(H,36,37). The molecule has 4 rings (SSSR count). The zero-order chi connectivity index (χ0) is 28.9. The van der Waals surface area contributed by atoms with Crippen LogP contribution in [0.1, 0.15) is 44.6 Å². The molecular weight excluding hydrogens is 520 g/mol. The number of benzene rings is 3. The van der Waals surface area contributed by atoms with Crippen LogP contribution < -0.4 is 14.8 Å². The monoisotopic (exact) mass is 560 g/mol. The van der Waals surface area contributed by atoms with Gasteiger partial charge in [-0.1, -0.05) is 49.6 Å². The third-order valence-electron chi connectivity index (χ3n) is 7.19. The zero-order valence-electron chi connectivity index (χ0n) is 23.7. The van der Waals surface area contributed by atoms with E-state index >= 15 is 0 Å². The molecule has 0 spiro atoms. The molecule has 2 N–H and O–H groups in total. The van der Waals surface area contributed by atoms with E-state index in [-0.39, 0.29) is 12.5 Å². The summed E-state index contributed by atoms with van der Waals surface area (Å²) in [6.45, 7) is 3.61. The molecular formula is C33H40N2O6. The van der Waals surface area contributed by atoms with Gasteiger partial charge in [0.2, 0.25) is 0 Å². The van der Waals surface area contributed by atoms with Crippen LogP contribution in [0.3, 0.4) is 0 Å². The van der Waals surface area contributed by atoms with Gasteiger partial charge in [0, 0.05) is 25.3 Å². The molecule has 0 aliphatic heterocycles. The number of nitrogens with zero attached hydrogens (tertiary/aromatic N) is 1. The second-order valence-electron chi connectivity index (χ2n) is 10.3. The van der Waals surface area contributed by atoms with E-state index in [2.05, 4.69) is 5.32 Å². The molecule has 41 heavy (non-hydrogen) atoms. The molecule has 218 valence electrons. The lowest BCUT2D eigenvalue weighted by Crippen LogP contribution is -2.41. The van der Waals surface area contributed by atoms with E-state index in [1.807, 2.05) is 83.8 Å². The predicted octanol–water partition coefficient (Wildman–Crippen LogP) is 7.00. The van der Waals surface area contributed by atoms with Gasteiger partial charge in [-0.2, -0.15) is 0 Å². The molecule has 2 amide bonds. The van der Waals surface area contributed by atoms with E-state index < -0.39 is 12.1 Å². The highest BCUT2D eigenvalue weighted by molar-refractivity contribution is 5.89. The lowest BCUT2D eigenvalue weighted by Gasteiger charge is -2.30. The Bertz CT molecular complexity index is 1210. The summed E-state index contributed by atoms with van der Waals surface area (Å²) in [6.07, 6.45) is 5.37. The highest BCUT2D eigenvalue weighted by Crippen LogP contribution is 2.26. The first-order valence-electron chi connectivity index (χ1n) is 14.4. The molecule has 1 fully saturated rings. The fourth-order valence-corrected chi connectivity index (χ4v) is 5.02. The Morgan fingerprint density at radius 1 is 0.902 bits per heavy atom. The fraction of sp³-hybridized carbons (Fsp3) is 0.394. The van der Waals surface area contributed by atoms with Gasteiger partial charge in [-0.15, -0.1) is 0 Å². The van der Waals surface area contributed by atoms with E-state index in [9.17, 15) is 14.7 Å². The maximum Gasteiger partial charge on any atom is 0.333 e. The Labute approximate surface area is 242 Å². The van der Waals surface area contributed by atoms with Crippen LogP contribution in [0.4, 0.5) is 10.5 Å². The summed E-state index contributed by atoms with van der Waals surface area (Å²) in [5, 5.41) is 12.4. The summed E-state index contributed by atoms with van der Waals surface area (Å²) < 4.78 is 17.1. The van der Waals surface area contributed by atoms with E-state index in [0.29, 0.717) is 49.4 Å². The number of carbonyl (C=O) groups excluding carboxylic acids is 1. The molecule has 0 aromatic heterocycles. The first-order chi connectivity index (χ1) is 20.0. The van der Waals surface area contributed by atoms with Crippen molar-refractivity contribution in [2.45, 2.75) is 51.6 Å². The van der Waals surface area contributed by atoms with E-state index in [4.69, 9.17) is 14.2 Å². The number of hydrogen-bond acceptors (Lipinski definition) is 5. The van der Waals surface area contributed by atoms with Crippen molar-refractivity contribution in [3.8, 4) is 17.2 Å². The predicted molar refractivity (Wildman–Crippen MR) is 159 cm³/mol. The number of nitrogens with one attached hydrogen (secondary N) is 1. The minimum Gasteiger partial charge on any atom is -0.492 e. The van der Waals surface area contributed by atoms with E-state index in [1.165, 1.54) is 19.3 Å². The van der Waals surface area contributed by atoms with E-state index in [1.54, 1.807) is 6.92 Å². The number of anilines is 1. The van der Waals surface area contributed by atoms with Crippen LogP contribution in [0.25, 0.3) is 0 Å². The van der Waals surface area contributed by atoms with Gasteiger partial charge in [0.1, 0.15) is 23.9 Å². The second kappa shape index (κ2) is 15.7. The smallest absolute Gasteiger partial charge is 0.333 e. The van der Waals surface area contributed by atoms with Gasteiger partial charge in [-0.3, -0.25) is 0 Å². The summed E-state index contributed by atoms with van der Waals surface area (Å²) in [4.78, 5) is 26.5. The second-order valence-corrected chi connectivity index (χ2v) is 10.3. The van der Waals surface area contributed by atoms with Crippen molar-refractivity contribution >= 4 is 17.7 Å². The van der Waals surface area contributed by atoms with Gasteiger partial charge < -0.3 is 29.5 Å². The third-order valence-corrected chi connectivity index (χ3v) is 7.19. The number of amides is 2. The molecule has 0 radical (unpaired) electrons. The Morgan fingerprint density at radius 2 is 1.56 bits per heavy atom. The lowest BCUT2D eigenvalue weighted by molar-refractivity contribution is -0.149. The van der Waals surface area contributed by atoms with Crippen molar-refractivity contribution in [1.82, 2.24) is 4.90 Å². The van der Waals surface area contributed by atoms with Gasteiger partial charge in [-0.05, 0) is 79.8 Å². The Balaban J connectivity index is 1.32. The number of urea groups is 1. The zero-order valence-corrected chi connectivity index (χ0v) is 23.7. The van der Waals surface area contributed by atoms with Gasteiger partial charge >= 0.3 is 12.0 Å². The number of carboxylic acids is 1. The maximum atomic E-state index is 13.3. The van der Waals surface area contributed by atoms with Crippen molar-refractivity contribution in [3.63, 3.8) is 0 Å². The molecule has 1 aliphatic carbocycles. The van der Waals surface area contributed by atoms with Crippen LogP contribution in [0.5, 0.6) is 17.2 Å². The van der Waals surface area contributed by atoms with Crippen molar-refractivity contribution in [3.05, 3.63) is 84.4 Å². The molecule has 8 nitrogen and oxygen atoms in total. The SMILES string of the molecule is CCOC(Cc1ccc(OCCN(CC2CCCCC2)C(=O)Nc2ccc(Oc3ccccc3)cc2)cc1)C(=O)O. The number of rotatable bonds is 14. The van der Waals surface area contributed by atoms with E-state index in [0.717, 1.165) is 24.2 Å². The summed E-state index contributed by atoms with van der Waals surface area (Å²) in [5.41, 5.74) is 1.56. The van der Waals surface area contributed by atoms with Crippen LogP contribution in [-0.2, 0) is 16.0 Å². The van der Waals surface area contributed by atoms with Crippen molar-refractivity contribution in [1.29, 1.82) is 0 Å². The molecule has 1 saturated carbocycles. The van der Waals surface area contributed by atoms with Crippen molar-refractivity contribution in [2.24, 2.45) is 5.92 Å². The first-order valence-corrected chi connectivity index (χ1v) is 14.4. The number of para-hydroxylation sites is 1. The minimum atomic E-state index is -0.972. The largest absolute Gasteiger partial charge is 0.492 e. The summed E-state index contributed by atoms with van der Waals surface area (Å²) in [5.74, 6) is 1.64. The molecule has 3 aromatic rings. The van der Waals surface area contributed by atoms with Crippen molar-refractivity contribution < 1.29 is 28.9 Å². The van der Waals surface area contributed by atoms with Gasteiger partial charge in [0.25, 0.3) is 0 Å². The van der Waals surface area contributed by atoms with Gasteiger partial charge in [-0.25, -0.2) is 9.59 Å². The molecule has 1 aliphatic rings. The van der Waals surface area contributed by atoms with Gasteiger partial charge in [0.05, 0.1) is 6.54 Å². The number of carboxylic acid groups (broad SMARTS) is 1. The minimum absolute atomic E-state index is 0.151. The average Bonchev–Trinajstić information content (AvgIpc) is 2.99. The molecule has 8 heteroatoms. The van der Waals surface area contributed by atoms with Crippen LogP contribution in [0.15, 0.2) is 78.9 Å². The number of aliphatic carboxylic acids is 1. The Kier molecular flexibility index (Phi) is 11.4. The molecule has 0 saturated heterocycles. The summed E-state index contributed by atoms with van der Waals surface area (Å²) >= 11 is 0. The maximum absolute atomic E-state index is 13.3. The molecule has 0 bridgehead atoms. The molecule has 1 unspecified atom stereocenters. The van der Waals surface area contributed by atoms with Crippen LogP contribution >= 0.6 is 0 Å². The highest BCUT2D eigenvalue weighted by atomic mass is 16.5. The Hall–Kier alpha value is -4.04. The first kappa shape index (κ1) is 29.9. The highest BCUT2D eigenvalue weighted by Gasteiger charge is 2.22. The van der Waals surface area contributed by atoms with Crippen LogP contribution in [0, 0.1) is 5.92 Å².